The molecule has 0 aliphatic heterocycles. The lowest BCUT2D eigenvalue weighted by Crippen LogP contribution is -2.38. The van der Waals surface area contributed by atoms with Crippen molar-refractivity contribution in [1.29, 1.82) is 0 Å². The number of thiophene rings is 1. The molecule has 0 saturated heterocycles. The first-order valence-corrected chi connectivity index (χ1v) is 9.83. The molecular formula is C19H27IN4OS. The Morgan fingerprint density at radius 2 is 2.19 bits per heavy atom. The summed E-state index contributed by atoms with van der Waals surface area (Å²) in [7, 11) is 0. The number of rotatable bonds is 9. The molecule has 2 heterocycles. The first-order chi connectivity index (χ1) is 12.3. The highest BCUT2D eigenvalue weighted by Crippen LogP contribution is 2.29. The summed E-state index contributed by atoms with van der Waals surface area (Å²) in [4.78, 5) is 10.4. The fourth-order valence-corrected chi connectivity index (χ4v) is 3.06. The van der Waals surface area contributed by atoms with Crippen LogP contribution in [-0.2, 0) is 13.0 Å². The number of nitrogens with one attached hydrogen (secondary N) is 2. The van der Waals surface area contributed by atoms with Crippen molar-refractivity contribution >= 4 is 41.3 Å². The maximum Gasteiger partial charge on any atom is 0.213 e. The number of halogens is 1. The van der Waals surface area contributed by atoms with Crippen LogP contribution in [0.4, 0.5) is 0 Å². The van der Waals surface area contributed by atoms with E-state index in [-0.39, 0.29) is 24.0 Å². The van der Waals surface area contributed by atoms with Gasteiger partial charge in [-0.25, -0.2) is 9.98 Å². The molecule has 1 aliphatic rings. The van der Waals surface area contributed by atoms with Crippen LogP contribution in [0.2, 0.25) is 0 Å². The van der Waals surface area contributed by atoms with E-state index in [1.54, 1.807) is 11.3 Å². The number of aromatic nitrogens is 1. The summed E-state index contributed by atoms with van der Waals surface area (Å²) < 4.78 is 5.67. The lowest BCUT2D eigenvalue weighted by molar-refractivity contribution is 0.288. The summed E-state index contributed by atoms with van der Waals surface area (Å²) in [6.45, 7) is 5.19. The van der Waals surface area contributed by atoms with E-state index in [4.69, 9.17) is 4.74 Å². The second kappa shape index (κ2) is 11.4. The van der Waals surface area contributed by atoms with Crippen molar-refractivity contribution in [3.8, 4) is 5.88 Å². The molecule has 1 aliphatic carbocycles. The van der Waals surface area contributed by atoms with Crippen LogP contribution in [0.3, 0.4) is 0 Å². The third kappa shape index (κ3) is 7.49. The van der Waals surface area contributed by atoms with Gasteiger partial charge in [0.15, 0.2) is 5.96 Å². The molecule has 0 bridgehead atoms. The molecule has 7 heteroatoms. The molecule has 0 aromatic carbocycles. The topological polar surface area (TPSA) is 58.5 Å². The van der Waals surface area contributed by atoms with Gasteiger partial charge in [-0.3, -0.25) is 0 Å². The number of hydrogen-bond donors (Lipinski definition) is 2. The molecule has 2 aromatic heterocycles. The Morgan fingerprint density at radius 1 is 1.31 bits per heavy atom. The Hall–Kier alpha value is -1.35. The van der Waals surface area contributed by atoms with Crippen LogP contribution in [0, 0.1) is 5.92 Å². The molecule has 0 spiro atoms. The third-order valence-corrected chi connectivity index (χ3v) is 4.91. The van der Waals surface area contributed by atoms with Gasteiger partial charge < -0.3 is 15.4 Å². The van der Waals surface area contributed by atoms with Crippen molar-refractivity contribution in [2.75, 3.05) is 19.7 Å². The number of ether oxygens (including phenoxy) is 1. The van der Waals surface area contributed by atoms with Gasteiger partial charge in [-0.05, 0) is 49.1 Å². The van der Waals surface area contributed by atoms with Crippen LogP contribution in [-0.4, -0.2) is 30.6 Å². The second-order valence-electron chi connectivity index (χ2n) is 6.21. The molecule has 2 aromatic rings. The summed E-state index contributed by atoms with van der Waals surface area (Å²) >= 11 is 1.79. The van der Waals surface area contributed by atoms with Crippen LogP contribution in [0.25, 0.3) is 0 Å². The van der Waals surface area contributed by atoms with Crippen LogP contribution in [0.1, 0.15) is 30.2 Å². The zero-order valence-corrected chi connectivity index (χ0v) is 18.3. The van der Waals surface area contributed by atoms with Gasteiger partial charge in [-0.15, -0.1) is 35.3 Å². The van der Waals surface area contributed by atoms with E-state index in [2.05, 4.69) is 45.0 Å². The maximum absolute atomic E-state index is 5.67. The van der Waals surface area contributed by atoms with Gasteiger partial charge in [0.1, 0.15) is 0 Å². The normalized spacial score (nSPS) is 13.8. The lowest BCUT2D eigenvalue weighted by Gasteiger charge is -2.11. The number of hydrogen-bond acceptors (Lipinski definition) is 4. The van der Waals surface area contributed by atoms with Crippen molar-refractivity contribution in [3.05, 3.63) is 46.3 Å². The fraction of sp³-hybridized carbons (Fsp3) is 0.474. The fourth-order valence-electron chi connectivity index (χ4n) is 2.35. The molecule has 1 fully saturated rings. The Morgan fingerprint density at radius 3 is 2.85 bits per heavy atom. The second-order valence-corrected chi connectivity index (χ2v) is 7.24. The monoisotopic (exact) mass is 486 g/mol. The molecule has 142 valence electrons. The summed E-state index contributed by atoms with van der Waals surface area (Å²) in [5, 5.41) is 8.77. The van der Waals surface area contributed by atoms with E-state index in [0.29, 0.717) is 12.4 Å². The first-order valence-electron chi connectivity index (χ1n) is 8.96. The average molecular weight is 486 g/mol. The molecule has 0 radical (unpaired) electrons. The summed E-state index contributed by atoms with van der Waals surface area (Å²) in [6.07, 6.45) is 5.44. The highest BCUT2D eigenvalue weighted by molar-refractivity contribution is 14.0. The predicted octanol–water partition coefficient (Wildman–Crippen LogP) is 3.85. The predicted molar refractivity (Wildman–Crippen MR) is 119 cm³/mol. The van der Waals surface area contributed by atoms with Gasteiger partial charge in [0.25, 0.3) is 0 Å². The van der Waals surface area contributed by atoms with Gasteiger partial charge in [-0.2, -0.15) is 0 Å². The molecular weight excluding hydrogens is 459 g/mol. The van der Waals surface area contributed by atoms with Crippen molar-refractivity contribution in [2.45, 2.75) is 32.7 Å². The third-order valence-electron chi connectivity index (χ3n) is 3.97. The van der Waals surface area contributed by atoms with Crippen molar-refractivity contribution < 1.29 is 4.74 Å². The van der Waals surface area contributed by atoms with Gasteiger partial charge in [0.2, 0.25) is 5.88 Å². The van der Waals surface area contributed by atoms with Gasteiger partial charge in [0.05, 0.1) is 13.2 Å². The van der Waals surface area contributed by atoms with Crippen molar-refractivity contribution in [1.82, 2.24) is 15.6 Å². The summed E-state index contributed by atoms with van der Waals surface area (Å²) in [5.74, 6) is 2.29. The highest BCUT2D eigenvalue weighted by atomic mass is 127. The standard InChI is InChI=1S/C19H26N4OS.HI/c1-2-20-19(21-10-9-17-4-3-11-25-17)23-13-16-7-8-18(22-12-16)24-14-15-5-6-15;/h3-4,7-8,11-12,15H,2,5-6,9-10,13-14H2,1H3,(H2,20,21,23);1H. The highest BCUT2D eigenvalue weighted by Gasteiger charge is 2.21. The van der Waals surface area contributed by atoms with Crippen LogP contribution in [0.15, 0.2) is 40.8 Å². The van der Waals surface area contributed by atoms with Crippen molar-refractivity contribution in [3.63, 3.8) is 0 Å². The van der Waals surface area contributed by atoms with E-state index >= 15 is 0 Å². The van der Waals surface area contributed by atoms with Gasteiger partial charge >= 0.3 is 0 Å². The van der Waals surface area contributed by atoms with E-state index in [0.717, 1.165) is 43.6 Å². The maximum atomic E-state index is 5.67. The van der Waals surface area contributed by atoms with E-state index < -0.39 is 0 Å². The van der Waals surface area contributed by atoms with Crippen LogP contribution in [0.5, 0.6) is 5.88 Å². The lowest BCUT2D eigenvalue weighted by atomic mass is 10.3. The SMILES string of the molecule is CCNC(=NCc1ccc(OCC2CC2)nc1)NCCc1cccs1.I. The molecule has 0 amide bonds. The summed E-state index contributed by atoms with van der Waals surface area (Å²) in [6, 6.07) is 8.22. The molecule has 0 atom stereocenters. The molecule has 5 nitrogen and oxygen atoms in total. The zero-order chi connectivity index (χ0) is 17.3. The number of aliphatic imine (C=N–C) groups is 1. The zero-order valence-electron chi connectivity index (χ0n) is 15.1. The number of nitrogens with zero attached hydrogens (tertiary/aromatic N) is 2. The quantitative estimate of drug-likeness (QED) is 0.321. The molecule has 2 N–H and O–H groups in total. The Kier molecular flexibility index (Phi) is 9.17. The van der Waals surface area contributed by atoms with Gasteiger partial charge in [-0.1, -0.05) is 12.1 Å². The Balaban J connectivity index is 0.00000243. The Labute approximate surface area is 176 Å². The van der Waals surface area contributed by atoms with Crippen LogP contribution >= 0.6 is 35.3 Å². The number of pyridine rings is 1. The molecule has 3 rings (SSSR count). The average Bonchev–Trinajstić information content (AvgIpc) is 3.33. The number of guanidine groups is 1. The van der Waals surface area contributed by atoms with E-state index in [9.17, 15) is 0 Å². The van der Waals surface area contributed by atoms with Crippen LogP contribution < -0.4 is 15.4 Å². The Bertz CT molecular complexity index is 657. The van der Waals surface area contributed by atoms with E-state index in [1.807, 2.05) is 18.3 Å². The van der Waals surface area contributed by atoms with Crippen molar-refractivity contribution in [2.24, 2.45) is 10.9 Å². The molecule has 1 saturated carbocycles. The molecule has 0 unspecified atom stereocenters. The first kappa shape index (κ1) is 21.0. The minimum Gasteiger partial charge on any atom is -0.477 e. The van der Waals surface area contributed by atoms with E-state index in [1.165, 1.54) is 17.7 Å². The molecule has 26 heavy (non-hydrogen) atoms. The minimum atomic E-state index is 0. The van der Waals surface area contributed by atoms with Gasteiger partial charge in [0, 0.05) is 30.2 Å². The summed E-state index contributed by atoms with van der Waals surface area (Å²) in [5.41, 5.74) is 1.08. The smallest absolute Gasteiger partial charge is 0.213 e. The minimum absolute atomic E-state index is 0. The largest absolute Gasteiger partial charge is 0.477 e.